The largest absolute Gasteiger partial charge is 0.495 e. The van der Waals surface area contributed by atoms with Gasteiger partial charge in [0.1, 0.15) is 11.2 Å². The molecule has 6 aromatic rings. The van der Waals surface area contributed by atoms with Crippen LogP contribution in [0.4, 0.5) is 9.59 Å². The fraction of sp³-hybridized carbons (Fsp3) is 0.455. The van der Waals surface area contributed by atoms with Gasteiger partial charge in [-0.05, 0) is 138 Å². The van der Waals surface area contributed by atoms with Crippen LogP contribution in [0.1, 0.15) is 96.9 Å². The highest BCUT2D eigenvalue weighted by Crippen LogP contribution is 2.38. The maximum Gasteiger partial charge on any atom is 0.495 e. The molecule has 2 saturated heterocycles. The average molecular weight is 884 g/mol. The number of benzene rings is 3. The van der Waals surface area contributed by atoms with Crippen LogP contribution < -0.4 is 10.9 Å². The van der Waals surface area contributed by atoms with E-state index in [0.717, 1.165) is 26.2 Å². The molecular formula is C44H56B2BrN5O8. The molecule has 0 spiro atoms. The molecule has 0 atom stereocenters. The second-order valence-electron chi connectivity index (χ2n) is 19.0. The van der Waals surface area contributed by atoms with Crippen molar-refractivity contribution in [1.82, 2.24) is 24.5 Å². The molecule has 0 radical (unpaired) electrons. The molecule has 8 rings (SSSR count). The lowest BCUT2D eigenvalue weighted by Gasteiger charge is -2.32. The van der Waals surface area contributed by atoms with E-state index in [1.165, 1.54) is 20.3 Å². The van der Waals surface area contributed by atoms with Crippen molar-refractivity contribution in [3.63, 3.8) is 0 Å². The van der Waals surface area contributed by atoms with Crippen molar-refractivity contribution in [1.29, 1.82) is 0 Å². The zero-order chi connectivity index (χ0) is 44.2. The molecule has 0 aliphatic carbocycles. The molecule has 13 nitrogen and oxygen atoms in total. The predicted octanol–water partition coefficient (Wildman–Crippen LogP) is 9.17. The fourth-order valence-electron chi connectivity index (χ4n) is 6.39. The number of hydrogen-bond acceptors (Lipinski definition) is 10. The molecule has 2 fully saturated rings. The molecule has 16 heteroatoms. The van der Waals surface area contributed by atoms with Crippen molar-refractivity contribution in [3.05, 3.63) is 83.7 Å². The second kappa shape index (κ2) is 16.1. The van der Waals surface area contributed by atoms with Crippen LogP contribution in [0.15, 0.2) is 83.7 Å². The van der Waals surface area contributed by atoms with Gasteiger partial charge in [-0.3, -0.25) is 0 Å². The molecule has 318 valence electrons. The molecule has 2 aliphatic rings. The minimum atomic E-state index is -0.585. The van der Waals surface area contributed by atoms with Gasteiger partial charge in [0.2, 0.25) is 0 Å². The molecule has 5 heterocycles. The third-order valence-electron chi connectivity index (χ3n) is 10.9. The third kappa shape index (κ3) is 9.52. The molecule has 1 N–H and O–H groups in total. The molecule has 3 aromatic carbocycles. The summed E-state index contributed by atoms with van der Waals surface area (Å²) < 4.78 is 39.0. The SMILES string of the molecule is Brc1cccc2[nH]ccc12.CC(C)(C)OC(=O)n1cc2c(B3OC(C)(C)C(C)(C)O3)cccc2n1.CC(C)(C)OC(=O)n1ncc2c(B3OC(C)(C)C(C)(C)O3)cccc21. The van der Waals surface area contributed by atoms with Crippen LogP contribution in [-0.4, -0.2) is 84.6 Å². The number of hydrogen-bond donors (Lipinski definition) is 1. The van der Waals surface area contributed by atoms with Gasteiger partial charge < -0.3 is 33.1 Å². The van der Waals surface area contributed by atoms with Crippen molar-refractivity contribution in [2.24, 2.45) is 0 Å². The number of H-pyrrole nitrogens is 1. The summed E-state index contributed by atoms with van der Waals surface area (Å²) in [5.41, 5.74) is 1.36. The van der Waals surface area contributed by atoms with Gasteiger partial charge in [-0.1, -0.05) is 46.3 Å². The maximum absolute atomic E-state index is 12.4. The van der Waals surface area contributed by atoms with E-state index in [9.17, 15) is 9.59 Å². The summed E-state index contributed by atoms with van der Waals surface area (Å²) in [4.78, 5) is 27.8. The standard InChI is InChI=1S/2C18H25BN2O4.C8H6BrN/c1-16(2,3)23-15(22)21-11-12-13(9-8-10-14(12)20-21)19-24-17(4,5)18(6,7)25-19;1-16(2,3)23-15(22)21-14-10-8-9-13(12(14)11-20-21)19-24-17(4,5)18(6,7)25-19;9-7-2-1-3-8-6(7)4-5-10-8/h2*8-11H,1-7H3;1-5,10H. The number of fused-ring (bicyclic) bond motifs is 3. The summed E-state index contributed by atoms with van der Waals surface area (Å²) in [6.07, 6.45) is 4.25. The molecule has 0 unspecified atom stereocenters. The first-order chi connectivity index (χ1) is 27.7. The zero-order valence-electron chi connectivity index (χ0n) is 37.1. The number of nitrogens with one attached hydrogen (secondary N) is 1. The van der Waals surface area contributed by atoms with Gasteiger partial charge in [-0.2, -0.15) is 19.6 Å². The van der Waals surface area contributed by atoms with E-state index in [4.69, 9.17) is 28.1 Å². The first kappa shape index (κ1) is 45.1. The van der Waals surface area contributed by atoms with Crippen molar-refractivity contribution in [3.8, 4) is 0 Å². The van der Waals surface area contributed by atoms with Crippen LogP contribution in [0, 0.1) is 0 Å². The lowest BCUT2D eigenvalue weighted by Crippen LogP contribution is -2.41. The van der Waals surface area contributed by atoms with Crippen LogP contribution in [0.5, 0.6) is 0 Å². The van der Waals surface area contributed by atoms with Gasteiger partial charge in [-0.25, -0.2) is 9.59 Å². The Bertz CT molecular complexity index is 2450. The summed E-state index contributed by atoms with van der Waals surface area (Å²) in [7, 11) is -1.02. The Morgan fingerprint density at radius 2 is 1.17 bits per heavy atom. The topological polar surface area (TPSA) is 141 Å². The van der Waals surface area contributed by atoms with Gasteiger partial charge in [-0.15, -0.1) is 0 Å². The summed E-state index contributed by atoms with van der Waals surface area (Å²) >= 11 is 3.46. The van der Waals surface area contributed by atoms with Crippen molar-refractivity contribution in [2.75, 3.05) is 0 Å². The van der Waals surface area contributed by atoms with E-state index in [-0.39, 0.29) is 0 Å². The van der Waals surface area contributed by atoms with Crippen molar-refractivity contribution < 1.29 is 37.7 Å². The summed E-state index contributed by atoms with van der Waals surface area (Å²) in [5.74, 6) is 0. The molecular weight excluding hydrogens is 828 g/mol. The number of carbonyl (C=O) groups excluding carboxylic acids is 2. The summed E-state index contributed by atoms with van der Waals surface area (Å²) in [6.45, 7) is 27.0. The van der Waals surface area contributed by atoms with E-state index in [0.29, 0.717) is 11.0 Å². The third-order valence-corrected chi connectivity index (χ3v) is 11.6. The lowest BCUT2D eigenvalue weighted by molar-refractivity contribution is 0.00578. The van der Waals surface area contributed by atoms with Crippen LogP contribution in [-0.2, 0) is 28.1 Å². The highest BCUT2D eigenvalue weighted by atomic mass is 79.9. The predicted molar refractivity (Wildman–Crippen MR) is 240 cm³/mol. The first-order valence-corrected chi connectivity index (χ1v) is 20.8. The lowest BCUT2D eigenvalue weighted by atomic mass is 9.77. The van der Waals surface area contributed by atoms with Crippen LogP contribution in [0.3, 0.4) is 0 Å². The van der Waals surface area contributed by atoms with E-state index >= 15 is 0 Å². The van der Waals surface area contributed by atoms with Gasteiger partial charge in [0.05, 0.1) is 39.6 Å². The number of ether oxygens (including phenoxy) is 2. The van der Waals surface area contributed by atoms with Crippen molar-refractivity contribution in [2.45, 2.75) is 131 Å². The Kier molecular flexibility index (Phi) is 12.1. The molecule has 0 bridgehead atoms. The minimum absolute atomic E-state index is 0.430. The number of aromatic amines is 1. The van der Waals surface area contributed by atoms with Crippen LogP contribution in [0.25, 0.3) is 32.7 Å². The molecule has 0 saturated carbocycles. The molecule has 0 amide bonds. The second-order valence-corrected chi connectivity index (χ2v) is 19.9. The Labute approximate surface area is 361 Å². The maximum atomic E-state index is 12.4. The number of rotatable bonds is 2. The number of nitrogens with zero attached hydrogens (tertiary/aromatic N) is 4. The number of carbonyl (C=O) groups is 2. The molecule has 60 heavy (non-hydrogen) atoms. The number of halogens is 1. The number of aromatic nitrogens is 5. The van der Waals surface area contributed by atoms with E-state index < -0.39 is 60.0 Å². The van der Waals surface area contributed by atoms with Gasteiger partial charge in [0.25, 0.3) is 0 Å². The van der Waals surface area contributed by atoms with Gasteiger partial charge in [0.15, 0.2) is 0 Å². The van der Waals surface area contributed by atoms with E-state index in [1.807, 2.05) is 152 Å². The van der Waals surface area contributed by atoms with Crippen LogP contribution in [0.2, 0.25) is 0 Å². The highest BCUT2D eigenvalue weighted by Gasteiger charge is 2.53. The Balaban J connectivity index is 0.000000164. The molecule has 2 aliphatic heterocycles. The molecule has 3 aromatic heterocycles. The Morgan fingerprint density at radius 3 is 1.70 bits per heavy atom. The van der Waals surface area contributed by atoms with Crippen molar-refractivity contribution >= 4 is 86.0 Å². The summed E-state index contributed by atoms with van der Waals surface area (Å²) in [6, 6.07) is 19.5. The quantitative estimate of drug-likeness (QED) is 0.168. The van der Waals surface area contributed by atoms with Crippen LogP contribution >= 0.6 is 15.9 Å². The van der Waals surface area contributed by atoms with Gasteiger partial charge in [0, 0.05) is 38.5 Å². The average Bonchev–Trinajstić information content (AvgIpc) is 3.93. The van der Waals surface area contributed by atoms with E-state index in [2.05, 4.69) is 43.2 Å². The monoisotopic (exact) mass is 883 g/mol. The summed E-state index contributed by atoms with van der Waals surface area (Å²) in [5, 5.41) is 11.4. The Morgan fingerprint density at radius 1 is 0.667 bits per heavy atom. The smallest absolute Gasteiger partial charge is 0.442 e. The first-order valence-electron chi connectivity index (χ1n) is 20.0. The van der Waals surface area contributed by atoms with E-state index in [1.54, 1.807) is 12.4 Å². The zero-order valence-corrected chi connectivity index (χ0v) is 38.7. The minimum Gasteiger partial charge on any atom is -0.442 e. The Hall–Kier alpha value is -4.47. The highest BCUT2D eigenvalue weighted by molar-refractivity contribution is 9.10. The normalized spacial score (nSPS) is 17.9. The fourth-order valence-corrected chi connectivity index (χ4v) is 6.89. The van der Waals surface area contributed by atoms with Gasteiger partial charge >= 0.3 is 26.4 Å².